The third kappa shape index (κ3) is 3.32. The molecule has 74 valence electrons. The Kier molecular flexibility index (Phi) is 5.68. The maximum Gasteiger partial charge on any atom is 0.339 e. The lowest BCUT2D eigenvalue weighted by Crippen LogP contribution is -2.04. The van der Waals surface area contributed by atoms with Gasteiger partial charge in [0, 0.05) is 11.9 Å². The molecule has 0 atom stereocenters. The van der Waals surface area contributed by atoms with Gasteiger partial charge in [-0.15, -0.1) is 0 Å². The van der Waals surface area contributed by atoms with Crippen molar-refractivity contribution in [3.63, 3.8) is 0 Å². The van der Waals surface area contributed by atoms with Crippen LogP contribution in [0.5, 0.6) is 0 Å². The summed E-state index contributed by atoms with van der Waals surface area (Å²) in [5.41, 5.74) is 1.47. The molecule has 1 aromatic rings. The predicted molar refractivity (Wildman–Crippen MR) is 52.8 cm³/mol. The van der Waals surface area contributed by atoms with Crippen molar-refractivity contribution in [3.8, 4) is 0 Å². The smallest absolute Gasteiger partial charge is 0.339 e. The minimum absolute atomic E-state index is 0.258. The van der Waals surface area contributed by atoms with E-state index in [2.05, 4.69) is 4.98 Å². The Balaban J connectivity index is 0.000000671. The van der Waals surface area contributed by atoms with Crippen molar-refractivity contribution in [2.24, 2.45) is 0 Å². The van der Waals surface area contributed by atoms with Gasteiger partial charge in [0.15, 0.2) is 0 Å². The summed E-state index contributed by atoms with van der Waals surface area (Å²) in [5.74, 6) is -0.258. The van der Waals surface area contributed by atoms with Crippen LogP contribution in [0.4, 0.5) is 0 Å². The Labute approximate surface area is 79.1 Å². The first kappa shape index (κ1) is 11.8. The molecule has 1 rings (SSSR count). The highest BCUT2D eigenvalue weighted by Crippen LogP contribution is 2.05. The minimum atomic E-state index is -0.258. The molecule has 3 nitrogen and oxygen atoms in total. The van der Waals surface area contributed by atoms with Gasteiger partial charge in [-0.25, -0.2) is 4.79 Å². The average Bonchev–Trinajstić information content (AvgIpc) is 2.55. The van der Waals surface area contributed by atoms with Gasteiger partial charge in [-0.2, -0.15) is 0 Å². The molecular formula is C10H17NO2. The molecule has 0 aliphatic heterocycles. The number of ether oxygens (including phenoxy) is 1. The van der Waals surface area contributed by atoms with Gasteiger partial charge in [0.1, 0.15) is 0 Å². The second kappa shape index (κ2) is 6.29. The van der Waals surface area contributed by atoms with Crippen LogP contribution in [0.3, 0.4) is 0 Å². The molecule has 0 spiro atoms. The summed E-state index contributed by atoms with van der Waals surface area (Å²) in [6.07, 6.45) is 1.72. The number of aryl methyl sites for hydroxylation is 1. The summed E-state index contributed by atoms with van der Waals surface area (Å²) in [7, 11) is 0. The van der Waals surface area contributed by atoms with Crippen LogP contribution < -0.4 is 0 Å². The molecule has 1 heterocycles. The SMILES string of the molecule is CC.CCOC(=O)c1cc[nH]c1C. The third-order valence-corrected chi connectivity index (χ3v) is 1.45. The number of rotatable bonds is 2. The van der Waals surface area contributed by atoms with Crippen LogP contribution in [0.15, 0.2) is 12.3 Å². The van der Waals surface area contributed by atoms with Crippen LogP contribution in [0.25, 0.3) is 0 Å². The summed E-state index contributed by atoms with van der Waals surface area (Å²) < 4.78 is 4.81. The Bertz CT molecular complexity index is 253. The van der Waals surface area contributed by atoms with Gasteiger partial charge in [-0.1, -0.05) is 13.8 Å². The molecule has 0 radical (unpaired) electrons. The predicted octanol–water partition coefficient (Wildman–Crippen LogP) is 2.53. The van der Waals surface area contributed by atoms with Crippen LogP contribution in [0.1, 0.15) is 36.8 Å². The standard InChI is InChI=1S/C8H11NO2.C2H6/c1-3-11-8(10)7-4-5-9-6(7)2;1-2/h4-5,9H,3H2,1-2H3;1-2H3. The molecule has 0 aliphatic carbocycles. The number of hydrogen-bond acceptors (Lipinski definition) is 2. The van der Waals surface area contributed by atoms with Crippen molar-refractivity contribution in [1.29, 1.82) is 0 Å². The number of carbonyl (C=O) groups excluding carboxylic acids is 1. The van der Waals surface area contributed by atoms with Crippen molar-refractivity contribution in [3.05, 3.63) is 23.5 Å². The third-order valence-electron chi connectivity index (χ3n) is 1.45. The Morgan fingerprint density at radius 2 is 2.15 bits per heavy atom. The molecule has 0 aliphatic rings. The van der Waals surface area contributed by atoms with Gasteiger partial charge in [0.2, 0.25) is 0 Å². The van der Waals surface area contributed by atoms with Gasteiger partial charge in [-0.3, -0.25) is 0 Å². The van der Waals surface area contributed by atoms with Crippen molar-refractivity contribution in [2.75, 3.05) is 6.61 Å². The maximum absolute atomic E-state index is 11.1. The zero-order valence-corrected chi connectivity index (χ0v) is 8.68. The average molecular weight is 183 g/mol. The van der Waals surface area contributed by atoms with E-state index in [1.807, 2.05) is 20.8 Å². The number of aromatic amines is 1. The second-order valence-electron chi connectivity index (χ2n) is 2.24. The molecule has 0 saturated heterocycles. The van der Waals surface area contributed by atoms with Crippen molar-refractivity contribution in [1.82, 2.24) is 4.98 Å². The largest absolute Gasteiger partial charge is 0.462 e. The van der Waals surface area contributed by atoms with E-state index in [0.717, 1.165) is 5.69 Å². The molecule has 0 amide bonds. The molecule has 0 bridgehead atoms. The highest BCUT2D eigenvalue weighted by molar-refractivity contribution is 5.90. The van der Waals surface area contributed by atoms with Crippen LogP contribution in [0.2, 0.25) is 0 Å². The molecule has 0 unspecified atom stereocenters. The normalized spacial score (nSPS) is 8.62. The molecule has 0 aromatic carbocycles. The van der Waals surface area contributed by atoms with Crippen LogP contribution in [-0.2, 0) is 4.74 Å². The number of hydrogen-bond donors (Lipinski definition) is 1. The fourth-order valence-corrected chi connectivity index (χ4v) is 0.883. The van der Waals surface area contributed by atoms with E-state index in [-0.39, 0.29) is 5.97 Å². The highest BCUT2D eigenvalue weighted by Gasteiger charge is 2.08. The maximum atomic E-state index is 11.1. The van der Waals surface area contributed by atoms with E-state index >= 15 is 0 Å². The first-order valence-electron chi connectivity index (χ1n) is 4.56. The van der Waals surface area contributed by atoms with Gasteiger partial charge in [0.25, 0.3) is 0 Å². The van der Waals surface area contributed by atoms with E-state index in [1.165, 1.54) is 0 Å². The fraction of sp³-hybridized carbons (Fsp3) is 0.500. The Hall–Kier alpha value is -1.25. The van der Waals surface area contributed by atoms with Crippen molar-refractivity contribution < 1.29 is 9.53 Å². The molecule has 1 N–H and O–H groups in total. The zero-order valence-electron chi connectivity index (χ0n) is 8.68. The van der Waals surface area contributed by atoms with Gasteiger partial charge < -0.3 is 9.72 Å². The Morgan fingerprint density at radius 3 is 2.54 bits per heavy atom. The quantitative estimate of drug-likeness (QED) is 0.716. The number of nitrogens with one attached hydrogen (secondary N) is 1. The first-order chi connectivity index (χ1) is 6.25. The van der Waals surface area contributed by atoms with E-state index in [9.17, 15) is 4.79 Å². The summed E-state index contributed by atoms with van der Waals surface area (Å²) in [6.45, 7) is 8.05. The van der Waals surface area contributed by atoms with Gasteiger partial charge in [-0.05, 0) is 19.9 Å². The van der Waals surface area contributed by atoms with E-state index in [0.29, 0.717) is 12.2 Å². The van der Waals surface area contributed by atoms with Crippen molar-refractivity contribution in [2.45, 2.75) is 27.7 Å². The highest BCUT2D eigenvalue weighted by atomic mass is 16.5. The van der Waals surface area contributed by atoms with Gasteiger partial charge >= 0.3 is 5.97 Å². The lowest BCUT2D eigenvalue weighted by molar-refractivity contribution is 0.0526. The first-order valence-corrected chi connectivity index (χ1v) is 4.56. The molecule has 0 fully saturated rings. The zero-order chi connectivity index (χ0) is 10.3. The molecule has 0 saturated carbocycles. The Morgan fingerprint density at radius 1 is 1.54 bits per heavy atom. The number of aromatic nitrogens is 1. The fourth-order valence-electron chi connectivity index (χ4n) is 0.883. The summed E-state index contributed by atoms with van der Waals surface area (Å²) >= 11 is 0. The molecular weight excluding hydrogens is 166 g/mol. The minimum Gasteiger partial charge on any atom is -0.462 e. The lowest BCUT2D eigenvalue weighted by Gasteiger charge is -1.98. The lowest BCUT2D eigenvalue weighted by atomic mass is 10.3. The van der Waals surface area contributed by atoms with Crippen LogP contribution >= 0.6 is 0 Å². The van der Waals surface area contributed by atoms with Crippen LogP contribution in [0, 0.1) is 6.92 Å². The number of H-pyrrole nitrogens is 1. The topological polar surface area (TPSA) is 42.1 Å². The monoisotopic (exact) mass is 183 g/mol. The van der Waals surface area contributed by atoms with E-state index in [1.54, 1.807) is 19.2 Å². The second-order valence-corrected chi connectivity index (χ2v) is 2.24. The molecule has 13 heavy (non-hydrogen) atoms. The molecule has 3 heteroatoms. The van der Waals surface area contributed by atoms with Crippen LogP contribution in [-0.4, -0.2) is 17.6 Å². The summed E-state index contributed by atoms with van der Waals surface area (Å²) in [4.78, 5) is 14.0. The summed E-state index contributed by atoms with van der Waals surface area (Å²) in [6, 6.07) is 1.72. The number of esters is 1. The van der Waals surface area contributed by atoms with E-state index < -0.39 is 0 Å². The van der Waals surface area contributed by atoms with Gasteiger partial charge in [0.05, 0.1) is 12.2 Å². The number of carbonyl (C=O) groups is 1. The van der Waals surface area contributed by atoms with E-state index in [4.69, 9.17) is 4.74 Å². The van der Waals surface area contributed by atoms with Crippen molar-refractivity contribution >= 4 is 5.97 Å². The summed E-state index contributed by atoms with van der Waals surface area (Å²) in [5, 5.41) is 0. The molecule has 1 aromatic heterocycles.